The minimum atomic E-state index is -0.861. The lowest BCUT2D eigenvalue weighted by Gasteiger charge is -2.24. The number of rotatable bonds is 5. The number of carbonyl (C=O) groups excluding carboxylic acids is 1. The van der Waals surface area contributed by atoms with Gasteiger partial charge in [-0.3, -0.25) is 0 Å². The van der Waals surface area contributed by atoms with Gasteiger partial charge >= 0.3 is 5.97 Å². The molecule has 2 unspecified atom stereocenters. The third-order valence-electron chi connectivity index (χ3n) is 3.44. The van der Waals surface area contributed by atoms with Crippen LogP contribution in [0.4, 0.5) is 0 Å². The molecule has 0 aliphatic carbocycles. The van der Waals surface area contributed by atoms with Crippen LogP contribution in [0.2, 0.25) is 0 Å². The molecular weight excluding hydrogens is 264 g/mol. The van der Waals surface area contributed by atoms with Gasteiger partial charge in [-0.2, -0.15) is 0 Å². The standard InChI is InChI=1S/C18H18O3/c1-13(18(20)21-2)16(14-9-5-3-6-10-14)17(19)15-11-7-4-8-12-15/h3-12,16-17,19H,1H2,2H3. The first-order valence-electron chi connectivity index (χ1n) is 6.70. The Morgan fingerprint density at radius 3 is 1.95 bits per heavy atom. The number of hydrogen-bond donors (Lipinski definition) is 1. The summed E-state index contributed by atoms with van der Waals surface area (Å²) in [4.78, 5) is 11.8. The maximum absolute atomic E-state index is 11.8. The van der Waals surface area contributed by atoms with Crippen molar-refractivity contribution in [3.63, 3.8) is 0 Å². The fourth-order valence-electron chi connectivity index (χ4n) is 2.34. The molecule has 2 aromatic carbocycles. The molecule has 2 aromatic rings. The molecule has 0 aliphatic heterocycles. The summed E-state index contributed by atoms with van der Waals surface area (Å²) in [5.74, 6) is -1.06. The summed E-state index contributed by atoms with van der Waals surface area (Å²) in [6.45, 7) is 3.81. The number of aliphatic hydroxyl groups excluding tert-OH is 1. The zero-order valence-corrected chi connectivity index (χ0v) is 11.9. The molecule has 0 aromatic heterocycles. The first kappa shape index (κ1) is 15.0. The maximum atomic E-state index is 11.8. The van der Waals surface area contributed by atoms with Crippen LogP contribution in [0.5, 0.6) is 0 Å². The fraction of sp³-hybridized carbons (Fsp3) is 0.167. The number of ether oxygens (including phenoxy) is 1. The highest BCUT2D eigenvalue weighted by Gasteiger charge is 2.29. The summed E-state index contributed by atoms with van der Waals surface area (Å²) in [6, 6.07) is 18.6. The largest absolute Gasteiger partial charge is 0.466 e. The number of aliphatic hydroxyl groups is 1. The number of hydrogen-bond acceptors (Lipinski definition) is 3. The fourth-order valence-corrected chi connectivity index (χ4v) is 2.34. The van der Waals surface area contributed by atoms with Crippen molar-refractivity contribution in [1.82, 2.24) is 0 Å². The lowest BCUT2D eigenvalue weighted by atomic mass is 9.84. The third kappa shape index (κ3) is 3.38. The Balaban J connectivity index is 2.41. The molecular formula is C18H18O3. The second-order valence-corrected chi connectivity index (χ2v) is 4.76. The predicted molar refractivity (Wildman–Crippen MR) is 81.7 cm³/mol. The second kappa shape index (κ2) is 6.86. The van der Waals surface area contributed by atoms with Crippen molar-refractivity contribution >= 4 is 5.97 Å². The Labute approximate surface area is 124 Å². The molecule has 1 N–H and O–H groups in total. The number of benzene rings is 2. The van der Waals surface area contributed by atoms with E-state index >= 15 is 0 Å². The number of esters is 1. The molecule has 2 atom stereocenters. The Hall–Kier alpha value is -2.39. The van der Waals surface area contributed by atoms with Crippen molar-refractivity contribution in [2.45, 2.75) is 12.0 Å². The lowest BCUT2D eigenvalue weighted by Crippen LogP contribution is -2.19. The smallest absolute Gasteiger partial charge is 0.333 e. The van der Waals surface area contributed by atoms with Gasteiger partial charge in [0.1, 0.15) is 0 Å². The van der Waals surface area contributed by atoms with E-state index in [9.17, 15) is 9.90 Å². The molecule has 0 saturated heterocycles. The van der Waals surface area contributed by atoms with Crippen molar-refractivity contribution in [1.29, 1.82) is 0 Å². The van der Waals surface area contributed by atoms with E-state index in [-0.39, 0.29) is 5.57 Å². The van der Waals surface area contributed by atoms with Crippen molar-refractivity contribution in [2.75, 3.05) is 7.11 Å². The highest BCUT2D eigenvalue weighted by molar-refractivity contribution is 5.89. The van der Waals surface area contributed by atoms with E-state index in [1.54, 1.807) is 0 Å². The van der Waals surface area contributed by atoms with Gasteiger partial charge < -0.3 is 9.84 Å². The normalized spacial score (nSPS) is 13.2. The highest BCUT2D eigenvalue weighted by atomic mass is 16.5. The van der Waals surface area contributed by atoms with E-state index in [1.165, 1.54) is 7.11 Å². The molecule has 0 aliphatic rings. The monoisotopic (exact) mass is 282 g/mol. The van der Waals surface area contributed by atoms with Gasteiger partial charge in [0.25, 0.3) is 0 Å². The molecule has 0 radical (unpaired) electrons. The maximum Gasteiger partial charge on any atom is 0.333 e. The Bertz CT molecular complexity index is 605. The molecule has 0 heterocycles. The van der Waals surface area contributed by atoms with Crippen LogP contribution in [0, 0.1) is 0 Å². The molecule has 3 heteroatoms. The van der Waals surface area contributed by atoms with Crippen LogP contribution in [0.3, 0.4) is 0 Å². The van der Waals surface area contributed by atoms with Gasteiger partial charge in [0.15, 0.2) is 0 Å². The van der Waals surface area contributed by atoms with E-state index < -0.39 is 18.0 Å². The summed E-state index contributed by atoms with van der Waals surface area (Å²) < 4.78 is 4.75. The molecule has 2 rings (SSSR count). The zero-order chi connectivity index (χ0) is 15.2. The molecule has 108 valence electrons. The van der Waals surface area contributed by atoms with Gasteiger partial charge in [0, 0.05) is 11.5 Å². The van der Waals surface area contributed by atoms with E-state index in [1.807, 2.05) is 60.7 Å². The Kier molecular flexibility index (Phi) is 4.90. The van der Waals surface area contributed by atoms with Crippen molar-refractivity contribution in [3.05, 3.63) is 83.9 Å². The zero-order valence-electron chi connectivity index (χ0n) is 11.9. The first-order chi connectivity index (χ1) is 10.1. The average molecular weight is 282 g/mol. The topological polar surface area (TPSA) is 46.5 Å². The van der Waals surface area contributed by atoms with E-state index in [4.69, 9.17) is 4.74 Å². The summed E-state index contributed by atoms with van der Waals surface area (Å²) >= 11 is 0. The van der Waals surface area contributed by atoms with Crippen LogP contribution >= 0.6 is 0 Å². The third-order valence-corrected chi connectivity index (χ3v) is 3.44. The molecule has 21 heavy (non-hydrogen) atoms. The Morgan fingerprint density at radius 2 is 1.48 bits per heavy atom. The molecule has 0 spiro atoms. The Morgan fingerprint density at radius 1 is 1.00 bits per heavy atom. The van der Waals surface area contributed by atoms with Crippen molar-refractivity contribution < 1.29 is 14.6 Å². The van der Waals surface area contributed by atoms with Crippen LogP contribution in [0.1, 0.15) is 23.1 Å². The number of carbonyl (C=O) groups is 1. The minimum Gasteiger partial charge on any atom is -0.466 e. The van der Waals surface area contributed by atoms with E-state index in [0.29, 0.717) is 0 Å². The molecule has 0 amide bonds. The van der Waals surface area contributed by atoms with Crippen LogP contribution in [-0.4, -0.2) is 18.2 Å². The molecule has 0 saturated carbocycles. The molecule has 0 fully saturated rings. The summed E-state index contributed by atoms with van der Waals surface area (Å²) in [7, 11) is 1.31. The summed E-state index contributed by atoms with van der Waals surface area (Å²) in [5, 5.41) is 10.7. The predicted octanol–water partition coefficient (Wildman–Crippen LogP) is 3.23. The van der Waals surface area contributed by atoms with Crippen LogP contribution in [0.25, 0.3) is 0 Å². The lowest BCUT2D eigenvalue weighted by molar-refractivity contribution is -0.136. The van der Waals surface area contributed by atoms with Crippen LogP contribution in [0.15, 0.2) is 72.8 Å². The van der Waals surface area contributed by atoms with Crippen molar-refractivity contribution in [2.24, 2.45) is 0 Å². The second-order valence-electron chi connectivity index (χ2n) is 4.76. The first-order valence-corrected chi connectivity index (χ1v) is 6.70. The van der Waals surface area contributed by atoms with Gasteiger partial charge in [-0.15, -0.1) is 0 Å². The average Bonchev–Trinajstić information content (AvgIpc) is 2.56. The van der Waals surface area contributed by atoms with Gasteiger partial charge in [-0.25, -0.2) is 4.79 Å². The number of methoxy groups -OCH3 is 1. The SMILES string of the molecule is C=C(C(=O)OC)C(c1ccccc1)C(O)c1ccccc1. The van der Waals surface area contributed by atoms with Gasteiger partial charge in [0.2, 0.25) is 0 Å². The molecule has 3 nitrogen and oxygen atoms in total. The van der Waals surface area contributed by atoms with Gasteiger partial charge in [-0.1, -0.05) is 67.2 Å². The summed E-state index contributed by atoms with van der Waals surface area (Å²) in [5.41, 5.74) is 1.79. The van der Waals surface area contributed by atoms with Crippen molar-refractivity contribution in [3.8, 4) is 0 Å². The van der Waals surface area contributed by atoms with Crippen LogP contribution < -0.4 is 0 Å². The van der Waals surface area contributed by atoms with Crippen LogP contribution in [-0.2, 0) is 9.53 Å². The highest BCUT2D eigenvalue weighted by Crippen LogP contribution is 2.36. The molecule has 0 bridgehead atoms. The van der Waals surface area contributed by atoms with Gasteiger partial charge in [0.05, 0.1) is 13.2 Å². The minimum absolute atomic E-state index is 0.236. The van der Waals surface area contributed by atoms with Gasteiger partial charge in [-0.05, 0) is 11.1 Å². The van der Waals surface area contributed by atoms with E-state index in [2.05, 4.69) is 6.58 Å². The van der Waals surface area contributed by atoms with E-state index in [0.717, 1.165) is 11.1 Å². The quantitative estimate of drug-likeness (QED) is 0.676. The summed E-state index contributed by atoms with van der Waals surface area (Å²) in [6.07, 6.45) is -0.861.